The number of rotatable bonds is 5. The largest absolute Gasteiger partial charge is 0.334 e. The zero-order valence-electron chi connectivity index (χ0n) is 10.4. The van der Waals surface area contributed by atoms with Gasteiger partial charge in [-0.3, -0.25) is 0 Å². The first-order valence-electron chi connectivity index (χ1n) is 5.85. The topological polar surface area (TPSA) is 62.7 Å². The van der Waals surface area contributed by atoms with Crippen molar-refractivity contribution < 1.29 is 8.91 Å². The maximum Gasteiger partial charge on any atom is 0.259 e. The predicted molar refractivity (Wildman–Crippen MR) is 70.9 cm³/mol. The van der Waals surface area contributed by atoms with Crippen LogP contribution in [0.5, 0.6) is 0 Å². The van der Waals surface area contributed by atoms with Crippen molar-refractivity contribution in [2.75, 3.05) is 5.75 Å². The second-order valence-corrected chi connectivity index (χ2v) is 4.95. The number of nitrogens with zero attached hydrogens (tertiary/aromatic N) is 3. The molecule has 0 unspecified atom stereocenters. The van der Waals surface area contributed by atoms with Crippen molar-refractivity contribution in [1.82, 2.24) is 10.1 Å². The lowest BCUT2D eigenvalue weighted by atomic mass is 10.1. The minimum absolute atomic E-state index is 0.0705. The molecule has 0 fully saturated rings. The number of nitriles is 1. The highest BCUT2D eigenvalue weighted by molar-refractivity contribution is 7.98. The van der Waals surface area contributed by atoms with Gasteiger partial charge < -0.3 is 4.52 Å². The second kappa shape index (κ2) is 6.34. The highest BCUT2D eigenvalue weighted by Gasteiger charge is 2.15. The van der Waals surface area contributed by atoms with Crippen LogP contribution in [-0.2, 0) is 5.75 Å². The molecule has 0 N–H and O–H groups in total. The zero-order valence-corrected chi connectivity index (χ0v) is 11.2. The monoisotopic (exact) mass is 277 g/mol. The van der Waals surface area contributed by atoms with Gasteiger partial charge in [-0.05, 0) is 24.3 Å². The van der Waals surface area contributed by atoms with Gasteiger partial charge in [-0.15, -0.1) is 0 Å². The van der Waals surface area contributed by atoms with Crippen LogP contribution < -0.4 is 0 Å². The summed E-state index contributed by atoms with van der Waals surface area (Å²) in [6, 6.07) is 6.16. The Balaban J connectivity index is 2.24. The highest BCUT2D eigenvalue weighted by atomic mass is 32.2. The van der Waals surface area contributed by atoms with E-state index in [9.17, 15) is 4.39 Å². The fraction of sp³-hybridized carbons (Fsp3) is 0.308. The predicted octanol–water partition coefficient (Wildman–Crippen LogP) is 3.39. The molecule has 0 aliphatic heterocycles. The van der Waals surface area contributed by atoms with Crippen LogP contribution in [0.3, 0.4) is 0 Å². The molecule has 98 valence electrons. The molecule has 0 saturated heterocycles. The van der Waals surface area contributed by atoms with Crippen LogP contribution >= 0.6 is 11.8 Å². The van der Waals surface area contributed by atoms with Gasteiger partial charge in [-0.1, -0.05) is 18.1 Å². The molecule has 2 rings (SSSR count). The van der Waals surface area contributed by atoms with Crippen LogP contribution in [0, 0.1) is 17.1 Å². The third-order valence-corrected chi connectivity index (χ3v) is 3.56. The van der Waals surface area contributed by atoms with Gasteiger partial charge in [0.1, 0.15) is 17.4 Å². The number of hydrogen-bond donors (Lipinski definition) is 0. The maximum absolute atomic E-state index is 13.5. The van der Waals surface area contributed by atoms with Gasteiger partial charge in [0.15, 0.2) is 5.82 Å². The summed E-state index contributed by atoms with van der Waals surface area (Å²) >= 11 is 1.70. The molecule has 4 nitrogen and oxygen atoms in total. The fourth-order valence-corrected chi connectivity index (χ4v) is 2.28. The van der Waals surface area contributed by atoms with Crippen LogP contribution in [-0.4, -0.2) is 15.9 Å². The Morgan fingerprint density at radius 1 is 1.47 bits per heavy atom. The van der Waals surface area contributed by atoms with Crippen molar-refractivity contribution in [2.24, 2.45) is 0 Å². The second-order valence-electron chi connectivity index (χ2n) is 3.84. The van der Waals surface area contributed by atoms with E-state index in [-0.39, 0.29) is 11.5 Å². The van der Waals surface area contributed by atoms with Gasteiger partial charge in [-0.2, -0.15) is 22.0 Å². The van der Waals surface area contributed by atoms with Crippen LogP contribution in [0.2, 0.25) is 0 Å². The summed E-state index contributed by atoms with van der Waals surface area (Å²) in [5.41, 5.74) is 0.264. The van der Waals surface area contributed by atoms with Crippen molar-refractivity contribution in [2.45, 2.75) is 19.1 Å². The van der Waals surface area contributed by atoms with Gasteiger partial charge in [0.25, 0.3) is 5.89 Å². The summed E-state index contributed by atoms with van der Waals surface area (Å²) in [5.74, 6) is 1.83. The molecule has 19 heavy (non-hydrogen) atoms. The lowest BCUT2D eigenvalue weighted by Crippen LogP contribution is -1.90. The Morgan fingerprint density at radius 3 is 3.05 bits per heavy atom. The van der Waals surface area contributed by atoms with E-state index in [2.05, 4.69) is 17.1 Å². The van der Waals surface area contributed by atoms with E-state index in [1.165, 1.54) is 12.1 Å². The van der Waals surface area contributed by atoms with E-state index >= 15 is 0 Å². The summed E-state index contributed by atoms with van der Waals surface area (Å²) in [4.78, 5) is 4.19. The number of halogens is 1. The first-order valence-corrected chi connectivity index (χ1v) is 7.01. The van der Waals surface area contributed by atoms with E-state index in [1.54, 1.807) is 17.8 Å². The molecule has 0 spiro atoms. The third kappa shape index (κ3) is 3.12. The molecule has 1 heterocycles. The van der Waals surface area contributed by atoms with Crippen molar-refractivity contribution in [3.63, 3.8) is 0 Å². The number of hydrogen-bond acceptors (Lipinski definition) is 5. The first-order chi connectivity index (χ1) is 9.26. The standard InChI is InChI=1S/C13H12FN3OS/c1-2-6-19-8-12-16-13(18-17-12)9-4-3-5-11(14)10(9)7-15/h3-5H,2,6,8H2,1H3. The van der Waals surface area contributed by atoms with Crippen molar-refractivity contribution in [3.8, 4) is 17.5 Å². The normalized spacial score (nSPS) is 10.4. The Morgan fingerprint density at radius 2 is 2.32 bits per heavy atom. The summed E-state index contributed by atoms with van der Waals surface area (Å²) in [6.07, 6.45) is 1.08. The quantitative estimate of drug-likeness (QED) is 0.784. The number of thioether (sulfide) groups is 1. The minimum atomic E-state index is -0.583. The molecule has 2 aromatic rings. The SMILES string of the molecule is CCCSCc1noc(-c2cccc(F)c2C#N)n1. The van der Waals surface area contributed by atoms with Crippen molar-refractivity contribution in [3.05, 3.63) is 35.4 Å². The molecule has 0 amide bonds. The van der Waals surface area contributed by atoms with Crippen molar-refractivity contribution in [1.29, 1.82) is 5.26 Å². The molecule has 0 saturated carbocycles. The van der Waals surface area contributed by atoms with E-state index in [0.29, 0.717) is 17.1 Å². The highest BCUT2D eigenvalue weighted by Crippen LogP contribution is 2.24. The van der Waals surface area contributed by atoms with Gasteiger partial charge >= 0.3 is 0 Å². The summed E-state index contributed by atoms with van der Waals surface area (Å²) in [7, 11) is 0. The van der Waals surface area contributed by atoms with Gasteiger partial charge in [0.05, 0.1) is 11.3 Å². The molecule has 0 radical (unpaired) electrons. The van der Waals surface area contributed by atoms with Gasteiger partial charge in [0, 0.05) is 0 Å². The Bertz CT molecular complexity index is 606. The molecule has 0 bridgehead atoms. The maximum atomic E-state index is 13.5. The van der Waals surface area contributed by atoms with E-state index in [1.807, 2.05) is 6.07 Å². The Labute approximate surface area is 114 Å². The van der Waals surface area contributed by atoms with Gasteiger partial charge in [0.2, 0.25) is 0 Å². The number of aromatic nitrogens is 2. The molecule has 6 heteroatoms. The molecular formula is C13H12FN3OS. The Kier molecular flexibility index (Phi) is 4.53. The first kappa shape index (κ1) is 13.6. The molecular weight excluding hydrogens is 265 g/mol. The molecule has 0 aliphatic carbocycles. The average molecular weight is 277 g/mol. The van der Waals surface area contributed by atoms with E-state index < -0.39 is 5.82 Å². The lowest BCUT2D eigenvalue weighted by Gasteiger charge is -1.98. The molecule has 1 aromatic carbocycles. The summed E-state index contributed by atoms with van der Waals surface area (Å²) in [6.45, 7) is 2.10. The summed E-state index contributed by atoms with van der Waals surface area (Å²) in [5, 5.41) is 12.8. The number of benzene rings is 1. The van der Waals surface area contributed by atoms with Crippen LogP contribution in [0.25, 0.3) is 11.5 Å². The third-order valence-electron chi connectivity index (χ3n) is 2.40. The van der Waals surface area contributed by atoms with E-state index in [4.69, 9.17) is 9.78 Å². The van der Waals surface area contributed by atoms with Gasteiger partial charge in [-0.25, -0.2) is 4.39 Å². The van der Waals surface area contributed by atoms with Crippen LogP contribution in [0.4, 0.5) is 4.39 Å². The lowest BCUT2D eigenvalue weighted by molar-refractivity contribution is 0.424. The summed E-state index contributed by atoms with van der Waals surface area (Å²) < 4.78 is 18.6. The molecule has 0 aliphatic rings. The van der Waals surface area contributed by atoms with E-state index in [0.717, 1.165) is 12.2 Å². The zero-order chi connectivity index (χ0) is 13.7. The Hall–Kier alpha value is -1.87. The average Bonchev–Trinajstić information content (AvgIpc) is 2.87. The molecule has 0 atom stereocenters. The van der Waals surface area contributed by atoms with Crippen LogP contribution in [0.1, 0.15) is 24.7 Å². The minimum Gasteiger partial charge on any atom is -0.334 e. The fourth-order valence-electron chi connectivity index (χ4n) is 1.55. The smallest absolute Gasteiger partial charge is 0.259 e. The van der Waals surface area contributed by atoms with Crippen molar-refractivity contribution >= 4 is 11.8 Å². The molecule has 1 aromatic heterocycles. The van der Waals surface area contributed by atoms with Crippen LogP contribution in [0.15, 0.2) is 22.7 Å².